The Labute approximate surface area is 186 Å². The zero-order chi connectivity index (χ0) is 22.1. The number of para-hydroxylation sites is 1. The lowest BCUT2D eigenvalue weighted by Crippen LogP contribution is -2.42. The molecule has 0 unspecified atom stereocenters. The van der Waals surface area contributed by atoms with E-state index in [-0.39, 0.29) is 18.2 Å². The number of aromatic nitrogens is 1. The molecule has 0 bridgehead atoms. The maximum Gasteiger partial charge on any atom is 0.328 e. The van der Waals surface area contributed by atoms with E-state index in [1.807, 2.05) is 60.9 Å². The van der Waals surface area contributed by atoms with Crippen LogP contribution in [0.5, 0.6) is 5.75 Å². The van der Waals surface area contributed by atoms with Crippen molar-refractivity contribution in [1.29, 1.82) is 0 Å². The predicted octanol–water partition coefficient (Wildman–Crippen LogP) is 3.88. The molecular formula is C24H26N2O4S. The molecule has 0 aliphatic rings. The summed E-state index contributed by atoms with van der Waals surface area (Å²) in [6.45, 7) is 0.241. The normalized spacial score (nSPS) is 11.7. The lowest BCUT2D eigenvalue weighted by molar-refractivity contribution is -0.145. The Morgan fingerprint density at radius 1 is 1.06 bits per heavy atom. The summed E-state index contributed by atoms with van der Waals surface area (Å²) in [5, 5.41) is 3.75. The molecule has 162 valence electrons. The third kappa shape index (κ3) is 6.46. The molecule has 1 aromatic heterocycles. The summed E-state index contributed by atoms with van der Waals surface area (Å²) in [5.41, 5.74) is 2.05. The minimum atomic E-state index is -0.718. The Morgan fingerprint density at radius 2 is 1.84 bits per heavy atom. The lowest BCUT2D eigenvalue weighted by atomic mass is 10.1. The van der Waals surface area contributed by atoms with Crippen LogP contribution in [0.3, 0.4) is 0 Å². The van der Waals surface area contributed by atoms with Gasteiger partial charge in [0.1, 0.15) is 17.5 Å². The first-order valence-corrected chi connectivity index (χ1v) is 11.4. The van der Waals surface area contributed by atoms with Crippen molar-refractivity contribution in [2.45, 2.75) is 18.9 Å². The Balaban J connectivity index is 1.59. The van der Waals surface area contributed by atoms with Gasteiger partial charge in [0.25, 0.3) is 5.91 Å². The number of rotatable bonds is 10. The smallest absolute Gasteiger partial charge is 0.328 e. The molecule has 6 nitrogen and oxygen atoms in total. The number of pyridine rings is 1. The molecule has 0 spiro atoms. The molecule has 0 aliphatic heterocycles. The van der Waals surface area contributed by atoms with Crippen molar-refractivity contribution < 1.29 is 19.1 Å². The van der Waals surface area contributed by atoms with Crippen LogP contribution in [0.15, 0.2) is 60.7 Å². The van der Waals surface area contributed by atoms with Gasteiger partial charge in [-0.3, -0.25) is 4.79 Å². The second-order valence-corrected chi connectivity index (χ2v) is 7.95. The van der Waals surface area contributed by atoms with Crippen LogP contribution in [0.4, 0.5) is 0 Å². The number of ether oxygens (including phenoxy) is 2. The number of nitrogens with zero attached hydrogens (tertiary/aromatic N) is 1. The average Bonchev–Trinajstić information content (AvgIpc) is 2.81. The number of esters is 1. The van der Waals surface area contributed by atoms with Gasteiger partial charge in [0, 0.05) is 11.8 Å². The van der Waals surface area contributed by atoms with E-state index in [0.717, 1.165) is 28.0 Å². The van der Waals surface area contributed by atoms with E-state index >= 15 is 0 Å². The van der Waals surface area contributed by atoms with Crippen LogP contribution in [-0.2, 0) is 16.0 Å². The highest BCUT2D eigenvalue weighted by Gasteiger charge is 2.23. The Bertz CT molecular complexity index is 1020. The number of carbonyl (C=O) groups excluding carboxylic acids is 2. The van der Waals surface area contributed by atoms with Crippen molar-refractivity contribution in [3.05, 3.63) is 71.9 Å². The van der Waals surface area contributed by atoms with Crippen molar-refractivity contribution >= 4 is 34.5 Å². The largest absolute Gasteiger partial charge is 0.497 e. The summed E-state index contributed by atoms with van der Waals surface area (Å²) in [4.78, 5) is 29.8. The standard InChI is InChI=1S/C24H26N2O4S/c1-29-19-10-7-17(8-11-19)13-15-30-24(28)22(14-16-31-2)26-23(27)21-12-9-18-5-3-4-6-20(18)25-21/h3-12,22H,13-16H2,1-2H3,(H,26,27)/t22-/m1/s1. The molecule has 7 heteroatoms. The molecular weight excluding hydrogens is 412 g/mol. The highest BCUT2D eigenvalue weighted by Crippen LogP contribution is 2.13. The van der Waals surface area contributed by atoms with Crippen molar-refractivity contribution in [2.75, 3.05) is 25.7 Å². The molecule has 3 rings (SSSR count). The van der Waals surface area contributed by atoms with E-state index in [1.54, 1.807) is 24.9 Å². The van der Waals surface area contributed by atoms with E-state index < -0.39 is 12.0 Å². The van der Waals surface area contributed by atoms with Crippen molar-refractivity contribution in [2.24, 2.45) is 0 Å². The van der Waals surface area contributed by atoms with Crippen LogP contribution in [-0.4, -0.2) is 48.6 Å². The maximum atomic E-state index is 12.7. The Hall–Kier alpha value is -3.06. The molecule has 1 amide bonds. The summed E-state index contributed by atoms with van der Waals surface area (Å²) in [6, 6.07) is 18.0. The monoisotopic (exact) mass is 438 g/mol. The molecule has 0 saturated carbocycles. The SMILES string of the molecule is COc1ccc(CCOC(=O)[C@@H](CCSC)NC(=O)c2ccc3ccccc3n2)cc1. The van der Waals surface area contributed by atoms with Gasteiger partial charge in [-0.15, -0.1) is 0 Å². The quantitative estimate of drug-likeness (QED) is 0.484. The van der Waals surface area contributed by atoms with E-state index in [2.05, 4.69) is 10.3 Å². The molecule has 1 heterocycles. The van der Waals surface area contributed by atoms with Gasteiger partial charge in [-0.25, -0.2) is 9.78 Å². The number of hydrogen-bond donors (Lipinski definition) is 1. The summed E-state index contributed by atoms with van der Waals surface area (Å²) >= 11 is 1.61. The molecule has 2 aromatic carbocycles. The van der Waals surface area contributed by atoms with Crippen LogP contribution in [0.2, 0.25) is 0 Å². The number of carbonyl (C=O) groups is 2. The number of benzene rings is 2. The summed E-state index contributed by atoms with van der Waals surface area (Å²) in [5.74, 6) is 0.687. The number of nitrogens with one attached hydrogen (secondary N) is 1. The minimum Gasteiger partial charge on any atom is -0.497 e. The number of fused-ring (bicyclic) bond motifs is 1. The number of methoxy groups -OCH3 is 1. The second kappa shape index (κ2) is 11.4. The third-order valence-electron chi connectivity index (χ3n) is 4.83. The van der Waals surface area contributed by atoms with Crippen LogP contribution in [0, 0.1) is 0 Å². The van der Waals surface area contributed by atoms with Gasteiger partial charge >= 0.3 is 5.97 Å². The predicted molar refractivity (Wildman–Crippen MR) is 124 cm³/mol. The van der Waals surface area contributed by atoms with Gasteiger partial charge < -0.3 is 14.8 Å². The fourth-order valence-corrected chi connectivity index (χ4v) is 3.54. The Morgan fingerprint density at radius 3 is 2.58 bits per heavy atom. The molecule has 0 radical (unpaired) electrons. The highest BCUT2D eigenvalue weighted by atomic mass is 32.2. The van der Waals surface area contributed by atoms with E-state index in [0.29, 0.717) is 12.8 Å². The fraction of sp³-hybridized carbons (Fsp3) is 0.292. The average molecular weight is 439 g/mol. The third-order valence-corrected chi connectivity index (χ3v) is 5.47. The maximum absolute atomic E-state index is 12.7. The van der Waals surface area contributed by atoms with Crippen LogP contribution >= 0.6 is 11.8 Å². The first kappa shape index (κ1) is 22.6. The van der Waals surface area contributed by atoms with Crippen molar-refractivity contribution in [3.63, 3.8) is 0 Å². The molecule has 3 aromatic rings. The first-order chi connectivity index (χ1) is 15.1. The highest BCUT2D eigenvalue weighted by molar-refractivity contribution is 7.98. The number of amides is 1. The molecule has 0 fully saturated rings. The zero-order valence-electron chi connectivity index (χ0n) is 17.7. The van der Waals surface area contributed by atoms with Gasteiger partial charge in [-0.1, -0.05) is 36.4 Å². The van der Waals surface area contributed by atoms with E-state index in [1.165, 1.54) is 0 Å². The first-order valence-electron chi connectivity index (χ1n) is 10.1. The minimum absolute atomic E-state index is 0.241. The fourth-order valence-electron chi connectivity index (χ4n) is 3.07. The zero-order valence-corrected chi connectivity index (χ0v) is 18.5. The molecule has 1 N–H and O–H groups in total. The molecule has 0 aliphatic carbocycles. The van der Waals surface area contributed by atoms with Gasteiger partial charge in [0.15, 0.2) is 0 Å². The topological polar surface area (TPSA) is 77.5 Å². The van der Waals surface area contributed by atoms with Gasteiger partial charge in [0.05, 0.1) is 19.2 Å². The van der Waals surface area contributed by atoms with Gasteiger partial charge in [0.2, 0.25) is 0 Å². The lowest BCUT2D eigenvalue weighted by Gasteiger charge is -2.17. The van der Waals surface area contributed by atoms with Crippen molar-refractivity contribution in [3.8, 4) is 5.75 Å². The van der Waals surface area contributed by atoms with Crippen LogP contribution < -0.4 is 10.1 Å². The molecule has 0 saturated heterocycles. The van der Waals surface area contributed by atoms with Gasteiger partial charge in [-0.05, 0) is 48.3 Å². The van der Waals surface area contributed by atoms with E-state index in [4.69, 9.17) is 9.47 Å². The van der Waals surface area contributed by atoms with Crippen LogP contribution in [0.25, 0.3) is 10.9 Å². The van der Waals surface area contributed by atoms with E-state index in [9.17, 15) is 9.59 Å². The van der Waals surface area contributed by atoms with Gasteiger partial charge in [-0.2, -0.15) is 11.8 Å². The summed E-state index contributed by atoms with van der Waals surface area (Å²) in [7, 11) is 1.62. The summed E-state index contributed by atoms with van der Waals surface area (Å²) in [6.07, 6.45) is 3.03. The summed E-state index contributed by atoms with van der Waals surface area (Å²) < 4.78 is 10.6. The Kier molecular flexibility index (Phi) is 8.29. The number of thioether (sulfide) groups is 1. The second-order valence-electron chi connectivity index (χ2n) is 6.96. The molecule has 31 heavy (non-hydrogen) atoms. The van der Waals surface area contributed by atoms with Crippen molar-refractivity contribution in [1.82, 2.24) is 10.3 Å². The van der Waals surface area contributed by atoms with Crippen LogP contribution in [0.1, 0.15) is 22.5 Å². The number of hydrogen-bond acceptors (Lipinski definition) is 6. The molecule has 1 atom stereocenters.